The molecule has 3 nitrogen and oxygen atoms in total. The molecular formula is C10H9FO3. The summed E-state index contributed by atoms with van der Waals surface area (Å²) < 4.78 is 22.2. The minimum absolute atomic E-state index is 0.0346. The van der Waals surface area contributed by atoms with Gasteiger partial charge in [-0.05, 0) is 18.2 Å². The van der Waals surface area contributed by atoms with Crippen LogP contribution in [-0.2, 0) is 4.74 Å². The van der Waals surface area contributed by atoms with Gasteiger partial charge in [0.25, 0.3) is 0 Å². The summed E-state index contributed by atoms with van der Waals surface area (Å²) in [7, 11) is 1.21. The van der Waals surface area contributed by atoms with Crippen molar-refractivity contribution in [3.8, 4) is 5.75 Å². The molecule has 0 spiro atoms. The first-order valence-corrected chi connectivity index (χ1v) is 3.84. The quantitative estimate of drug-likeness (QED) is 0.548. The standard InChI is InChI=1S/C10H9FO3/c1-3-14-9-5-4-7(11)6-8(9)10(12)13-2/h3-6H,1H2,2H3. The van der Waals surface area contributed by atoms with E-state index in [9.17, 15) is 9.18 Å². The molecule has 1 aromatic carbocycles. The third-order valence-corrected chi connectivity index (χ3v) is 1.56. The number of esters is 1. The van der Waals surface area contributed by atoms with Crippen LogP contribution in [0.4, 0.5) is 4.39 Å². The highest BCUT2D eigenvalue weighted by molar-refractivity contribution is 5.92. The fourth-order valence-corrected chi connectivity index (χ4v) is 0.964. The van der Waals surface area contributed by atoms with Crippen LogP contribution in [0, 0.1) is 5.82 Å². The molecule has 0 aliphatic heterocycles. The van der Waals surface area contributed by atoms with Crippen molar-refractivity contribution in [2.75, 3.05) is 7.11 Å². The van der Waals surface area contributed by atoms with Crippen LogP contribution in [0.25, 0.3) is 0 Å². The SMILES string of the molecule is C=COc1ccc(F)cc1C(=O)OC. The summed E-state index contributed by atoms with van der Waals surface area (Å²) in [5, 5.41) is 0. The largest absolute Gasteiger partial charge is 0.465 e. The lowest BCUT2D eigenvalue weighted by Crippen LogP contribution is -2.04. The number of benzene rings is 1. The minimum Gasteiger partial charge on any atom is -0.465 e. The normalized spacial score (nSPS) is 9.29. The van der Waals surface area contributed by atoms with Crippen molar-refractivity contribution < 1.29 is 18.7 Å². The van der Waals surface area contributed by atoms with Crippen molar-refractivity contribution in [1.29, 1.82) is 0 Å². The second-order valence-corrected chi connectivity index (χ2v) is 2.42. The van der Waals surface area contributed by atoms with Crippen LogP contribution in [0.15, 0.2) is 31.0 Å². The number of hydrogen-bond acceptors (Lipinski definition) is 3. The third kappa shape index (κ3) is 2.10. The Bertz CT molecular complexity index is 360. The molecule has 0 fully saturated rings. The van der Waals surface area contributed by atoms with Gasteiger partial charge in [-0.3, -0.25) is 0 Å². The number of halogens is 1. The van der Waals surface area contributed by atoms with E-state index in [2.05, 4.69) is 11.3 Å². The van der Waals surface area contributed by atoms with Crippen LogP contribution in [0.5, 0.6) is 5.75 Å². The Kier molecular flexibility index (Phi) is 3.23. The van der Waals surface area contributed by atoms with Crippen molar-refractivity contribution in [3.05, 3.63) is 42.4 Å². The molecule has 0 saturated carbocycles. The van der Waals surface area contributed by atoms with E-state index in [1.807, 2.05) is 0 Å². The maximum absolute atomic E-state index is 12.8. The smallest absolute Gasteiger partial charge is 0.341 e. The molecule has 4 heteroatoms. The number of carbonyl (C=O) groups is 1. The molecule has 0 saturated heterocycles. The van der Waals surface area contributed by atoms with Crippen LogP contribution in [0.3, 0.4) is 0 Å². The van der Waals surface area contributed by atoms with Crippen LogP contribution in [-0.4, -0.2) is 13.1 Å². The van der Waals surface area contributed by atoms with E-state index in [0.717, 1.165) is 12.3 Å². The monoisotopic (exact) mass is 196 g/mol. The highest BCUT2D eigenvalue weighted by atomic mass is 19.1. The average Bonchev–Trinajstić information content (AvgIpc) is 2.20. The van der Waals surface area contributed by atoms with E-state index in [0.29, 0.717) is 0 Å². The van der Waals surface area contributed by atoms with Gasteiger partial charge in [0.05, 0.1) is 13.4 Å². The predicted octanol–water partition coefficient (Wildman–Crippen LogP) is 2.13. The van der Waals surface area contributed by atoms with Crippen molar-refractivity contribution in [2.24, 2.45) is 0 Å². The predicted molar refractivity (Wildman–Crippen MR) is 48.6 cm³/mol. The zero-order valence-corrected chi connectivity index (χ0v) is 7.62. The second kappa shape index (κ2) is 4.41. The highest BCUT2D eigenvalue weighted by Gasteiger charge is 2.13. The summed E-state index contributed by atoms with van der Waals surface area (Å²) in [6.45, 7) is 3.34. The maximum atomic E-state index is 12.8. The molecule has 14 heavy (non-hydrogen) atoms. The number of hydrogen-bond donors (Lipinski definition) is 0. The van der Waals surface area contributed by atoms with E-state index < -0.39 is 11.8 Å². The molecule has 0 unspecified atom stereocenters. The van der Waals surface area contributed by atoms with Gasteiger partial charge in [0.1, 0.15) is 17.1 Å². The first kappa shape index (κ1) is 10.2. The van der Waals surface area contributed by atoms with E-state index in [1.165, 1.54) is 19.2 Å². The van der Waals surface area contributed by atoms with Gasteiger partial charge >= 0.3 is 5.97 Å². The van der Waals surface area contributed by atoms with Crippen molar-refractivity contribution in [3.63, 3.8) is 0 Å². The lowest BCUT2D eigenvalue weighted by atomic mass is 10.2. The zero-order chi connectivity index (χ0) is 10.6. The second-order valence-electron chi connectivity index (χ2n) is 2.42. The van der Waals surface area contributed by atoms with Crippen molar-refractivity contribution in [1.82, 2.24) is 0 Å². The number of carbonyl (C=O) groups excluding carboxylic acids is 1. The van der Waals surface area contributed by atoms with Gasteiger partial charge in [-0.1, -0.05) is 6.58 Å². The molecule has 0 bridgehead atoms. The Hall–Kier alpha value is -1.84. The molecule has 0 atom stereocenters. The van der Waals surface area contributed by atoms with Crippen LogP contribution >= 0.6 is 0 Å². The van der Waals surface area contributed by atoms with Crippen molar-refractivity contribution >= 4 is 5.97 Å². The molecule has 1 aromatic rings. The van der Waals surface area contributed by atoms with E-state index in [-0.39, 0.29) is 11.3 Å². The fourth-order valence-electron chi connectivity index (χ4n) is 0.964. The highest BCUT2D eigenvalue weighted by Crippen LogP contribution is 2.20. The van der Waals surface area contributed by atoms with E-state index in [4.69, 9.17) is 4.74 Å². The topological polar surface area (TPSA) is 35.5 Å². The molecule has 0 N–H and O–H groups in total. The summed E-state index contributed by atoms with van der Waals surface area (Å²) in [5.74, 6) is -0.962. The van der Waals surface area contributed by atoms with Gasteiger partial charge in [0.2, 0.25) is 0 Å². The summed E-state index contributed by atoms with van der Waals surface area (Å²) in [6, 6.07) is 3.57. The summed E-state index contributed by atoms with van der Waals surface area (Å²) in [6.07, 6.45) is 1.15. The van der Waals surface area contributed by atoms with Gasteiger partial charge in [0, 0.05) is 0 Å². The van der Waals surface area contributed by atoms with Crippen molar-refractivity contribution in [2.45, 2.75) is 0 Å². The average molecular weight is 196 g/mol. The van der Waals surface area contributed by atoms with E-state index in [1.54, 1.807) is 0 Å². The summed E-state index contributed by atoms with van der Waals surface area (Å²) in [4.78, 5) is 11.2. The minimum atomic E-state index is -0.652. The van der Waals surface area contributed by atoms with Crippen LogP contribution in [0.2, 0.25) is 0 Å². The van der Waals surface area contributed by atoms with Gasteiger partial charge < -0.3 is 9.47 Å². The Labute approximate surface area is 80.8 Å². The molecule has 74 valence electrons. The molecule has 0 amide bonds. The Balaban J connectivity index is 3.14. The Morgan fingerprint density at radius 3 is 2.86 bits per heavy atom. The number of methoxy groups -OCH3 is 1. The molecule has 0 radical (unpaired) electrons. The van der Waals surface area contributed by atoms with E-state index >= 15 is 0 Å². The molecule has 0 aromatic heterocycles. The molecule has 0 heterocycles. The first-order chi connectivity index (χ1) is 6.69. The fraction of sp³-hybridized carbons (Fsp3) is 0.100. The number of ether oxygens (including phenoxy) is 2. The molecule has 0 aliphatic rings. The van der Waals surface area contributed by atoms with Crippen LogP contribution in [0.1, 0.15) is 10.4 Å². The Morgan fingerprint density at radius 1 is 1.57 bits per heavy atom. The van der Waals surface area contributed by atoms with Gasteiger partial charge in [0.15, 0.2) is 0 Å². The Morgan fingerprint density at radius 2 is 2.29 bits per heavy atom. The molecule has 0 aliphatic carbocycles. The van der Waals surface area contributed by atoms with Gasteiger partial charge in [-0.2, -0.15) is 0 Å². The number of rotatable bonds is 3. The lowest BCUT2D eigenvalue weighted by molar-refractivity contribution is 0.0597. The molecule has 1 rings (SSSR count). The maximum Gasteiger partial charge on any atom is 0.341 e. The summed E-state index contributed by atoms with van der Waals surface area (Å²) in [5.41, 5.74) is 0.0346. The first-order valence-electron chi connectivity index (χ1n) is 3.84. The zero-order valence-electron chi connectivity index (χ0n) is 7.62. The van der Waals surface area contributed by atoms with Gasteiger partial charge in [-0.15, -0.1) is 0 Å². The van der Waals surface area contributed by atoms with Gasteiger partial charge in [-0.25, -0.2) is 9.18 Å². The molecular weight excluding hydrogens is 187 g/mol. The lowest BCUT2D eigenvalue weighted by Gasteiger charge is -2.05. The summed E-state index contributed by atoms with van der Waals surface area (Å²) >= 11 is 0. The third-order valence-electron chi connectivity index (χ3n) is 1.56. The van der Waals surface area contributed by atoms with Crippen LogP contribution < -0.4 is 4.74 Å².